The molecule has 0 aromatic heterocycles. The zero-order valence-corrected chi connectivity index (χ0v) is 5.95. The second kappa shape index (κ2) is 3.26. The van der Waals surface area contributed by atoms with Crippen molar-refractivity contribution in [3.63, 3.8) is 0 Å². The second-order valence-corrected chi connectivity index (χ2v) is 2.70. The summed E-state index contributed by atoms with van der Waals surface area (Å²) in [6.45, 7) is 1.11. The summed E-state index contributed by atoms with van der Waals surface area (Å²) < 4.78 is 31.1. The SMILES string of the molecule is CC(O)C(O)OS(=O)(=O)O. The van der Waals surface area contributed by atoms with E-state index in [-0.39, 0.29) is 0 Å². The zero-order valence-electron chi connectivity index (χ0n) is 5.13. The van der Waals surface area contributed by atoms with Crippen molar-refractivity contribution >= 4 is 10.4 Å². The number of aliphatic hydroxyl groups excluding tert-OH is 2. The minimum Gasteiger partial charge on any atom is -0.388 e. The smallest absolute Gasteiger partial charge is 0.388 e. The third-order valence-corrected chi connectivity index (χ3v) is 1.07. The molecule has 0 spiro atoms. The van der Waals surface area contributed by atoms with E-state index in [1.165, 1.54) is 0 Å². The van der Waals surface area contributed by atoms with Crippen molar-refractivity contribution in [2.45, 2.75) is 19.3 Å². The van der Waals surface area contributed by atoms with Crippen LogP contribution in [0.4, 0.5) is 0 Å². The molecule has 0 aromatic carbocycles. The van der Waals surface area contributed by atoms with Crippen LogP contribution in [0.1, 0.15) is 6.92 Å². The molecule has 7 heteroatoms. The fraction of sp³-hybridized carbons (Fsp3) is 1.00. The van der Waals surface area contributed by atoms with Gasteiger partial charge in [0, 0.05) is 0 Å². The van der Waals surface area contributed by atoms with Gasteiger partial charge in [-0.3, -0.25) is 4.55 Å². The highest BCUT2D eigenvalue weighted by atomic mass is 32.3. The van der Waals surface area contributed by atoms with Crippen LogP contribution >= 0.6 is 0 Å². The minimum absolute atomic E-state index is 1.11. The van der Waals surface area contributed by atoms with Crippen LogP contribution in [0.15, 0.2) is 0 Å². The van der Waals surface area contributed by atoms with E-state index in [4.69, 9.17) is 14.8 Å². The Balaban J connectivity index is 3.93. The number of rotatable bonds is 3. The van der Waals surface area contributed by atoms with Gasteiger partial charge in [0.1, 0.15) is 6.10 Å². The highest BCUT2D eigenvalue weighted by Gasteiger charge is 2.18. The molecule has 0 aliphatic carbocycles. The van der Waals surface area contributed by atoms with Gasteiger partial charge in [-0.1, -0.05) is 0 Å². The maximum Gasteiger partial charge on any atom is 0.399 e. The van der Waals surface area contributed by atoms with Crippen molar-refractivity contribution < 1.29 is 27.4 Å². The molecule has 2 atom stereocenters. The zero-order chi connectivity index (χ0) is 8.36. The molecular formula is C3H8O6S. The molecule has 0 aliphatic heterocycles. The van der Waals surface area contributed by atoms with Crippen LogP contribution in [0.2, 0.25) is 0 Å². The lowest BCUT2D eigenvalue weighted by molar-refractivity contribution is -0.0969. The van der Waals surface area contributed by atoms with Crippen molar-refractivity contribution in [1.82, 2.24) is 0 Å². The van der Waals surface area contributed by atoms with Crippen molar-refractivity contribution in [2.75, 3.05) is 0 Å². The first-order chi connectivity index (χ1) is 4.33. The van der Waals surface area contributed by atoms with Crippen LogP contribution in [-0.4, -0.2) is 35.6 Å². The summed E-state index contributed by atoms with van der Waals surface area (Å²) in [5, 5.41) is 16.9. The van der Waals surface area contributed by atoms with E-state index in [9.17, 15) is 8.42 Å². The molecule has 0 rings (SSSR count). The molecule has 0 fully saturated rings. The molecule has 0 aliphatic rings. The molecule has 0 radical (unpaired) electrons. The van der Waals surface area contributed by atoms with E-state index in [1.807, 2.05) is 0 Å². The summed E-state index contributed by atoms with van der Waals surface area (Å²) in [5.74, 6) is 0. The quantitative estimate of drug-likeness (QED) is 0.353. The average molecular weight is 172 g/mol. The summed E-state index contributed by atoms with van der Waals surface area (Å²) in [6, 6.07) is 0. The Bertz CT molecular complexity index is 181. The van der Waals surface area contributed by atoms with Crippen LogP contribution in [-0.2, 0) is 14.6 Å². The van der Waals surface area contributed by atoms with Crippen LogP contribution in [0.3, 0.4) is 0 Å². The molecule has 62 valence electrons. The molecule has 2 unspecified atom stereocenters. The second-order valence-electron chi connectivity index (χ2n) is 1.66. The predicted octanol–water partition coefficient (Wildman–Crippen LogP) is -1.49. The fourth-order valence-electron chi connectivity index (χ4n) is 0.205. The standard InChI is InChI=1S/C3H8O6S/c1-2(4)3(5)9-10(6,7)8/h2-5H,1H3,(H,6,7,8). The van der Waals surface area contributed by atoms with Crippen molar-refractivity contribution in [3.05, 3.63) is 0 Å². The van der Waals surface area contributed by atoms with Gasteiger partial charge in [-0.15, -0.1) is 0 Å². The van der Waals surface area contributed by atoms with E-state index in [2.05, 4.69) is 4.18 Å². The van der Waals surface area contributed by atoms with Crippen molar-refractivity contribution in [2.24, 2.45) is 0 Å². The summed E-state index contributed by atoms with van der Waals surface area (Å²) in [6.07, 6.45) is -3.29. The number of aliphatic hydroxyl groups is 2. The van der Waals surface area contributed by atoms with Crippen molar-refractivity contribution in [3.8, 4) is 0 Å². The summed E-state index contributed by atoms with van der Waals surface area (Å²) >= 11 is 0. The van der Waals surface area contributed by atoms with Crippen LogP contribution in [0.25, 0.3) is 0 Å². The van der Waals surface area contributed by atoms with Gasteiger partial charge in [-0.05, 0) is 6.92 Å². The first-order valence-corrected chi connectivity index (χ1v) is 3.71. The van der Waals surface area contributed by atoms with E-state index in [0.29, 0.717) is 0 Å². The van der Waals surface area contributed by atoms with Crippen LogP contribution in [0.5, 0.6) is 0 Å². The number of hydrogen-bond acceptors (Lipinski definition) is 5. The lowest BCUT2D eigenvalue weighted by atomic mass is 10.4. The highest BCUT2D eigenvalue weighted by molar-refractivity contribution is 7.80. The van der Waals surface area contributed by atoms with Crippen LogP contribution in [0, 0.1) is 0 Å². The van der Waals surface area contributed by atoms with E-state index in [1.54, 1.807) is 0 Å². The van der Waals surface area contributed by atoms with E-state index >= 15 is 0 Å². The topological polar surface area (TPSA) is 104 Å². The van der Waals surface area contributed by atoms with Gasteiger partial charge in [0.2, 0.25) is 6.29 Å². The minimum atomic E-state index is -4.68. The monoisotopic (exact) mass is 172 g/mol. The van der Waals surface area contributed by atoms with Gasteiger partial charge in [0.15, 0.2) is 0 Å². The highest BCUT2D eigenvalue weighted by Crippen LogP contribution is 1.97. The van der Waals surface area contributed by atoms with Crippen LogP contribution < -0.4 is 0 Å². The Hall–Kier alpha value is -0.210. The first-order valence-electron chi connectivity index (χ1n) is 2.35. The van der Waals surface area contributed by atoms with Gasteiger partial charge in [-0.25, -0.2) is 4.18 Å². The Kier molecular flexibility index (Phi) is 3.19. The molecule has 0 saturated heterocycles. The molecule has 6 nitrogen and oxygen atoms in total. The summed E-state index contributed by atoms with van der Waals surface area (Å²) in [7, 11) is -4.68. The maximum absolute atomic E-state index is 9.81. The Morgan fingerprint density at radius 2 is 1.80 bits per heavy atom. The molecule has 0 bridgehead atoms. The molecule has 0 heterocycles. The maximum atomic E-state index is 9.81. The molecular weight excluding hydrogens is 164 g/mol. The lowest BCUT2D eigenvalue weighted by Crippen LogP contribution is -2.28. The predicted molar refractivity (Wildman–Crippen MR) is 30.3 cm³/mol. The molecule has 0 amide bonds. The van der Waals surface area contributed by atoms with E-state index in [0.717, 1.165) is 6.92 Å². The summed E-state index contributed by atoms with van der Waals surface area (Å²) in [4.78, 5) is 0. The largest absolute Gasteiger partial charge is 0.399 e. The van der Waals surface area contributed by atoms with Gasteiger partial charge < -0.3 is 10.2 Å². The molecule has 3 N–H and O–H groups in total. The Morgan fingerprint density at radius 1 is 1.40 bits per heavy atom. The molecule has 0 aromatic rings. The normalized spacial score (nSPS) is 18.4. The average Bonchev–Trinajstić information content (AvgIpc) is 1.60. The first kappa shape index (κ1) is 9.79. The lowest BCUT2D eigenvalue weighted by Gasteiger charge is -2.10. The van der Waals surface area contributed by atoms with Gasteiger partial charge in [0.25, 0.3) is 0 Å². The van der Waals surface area contributed by atoms with Gasteiger partial charge in [-0.2, -0.15) is 8.42 Å². The Morgan fingerprint density at radius 3 is 1.90 bits per heavy atom. The third kappa shape index (κ3) is 4.65. The molecule has 10 heavy (non-hydrogen) atoms. The fourth-order valence-corrected chi connectivity index (χ4v) is 0.615. The van der Waals surface area contributed by atoms with Crippen molar-refractivity contribution in [1.29, 1.82) is 0 Å². The molecule has 0 saturated carbocycles. The van der Waals surface area contributed by atoms with Gasteiger partial charge in [0.05, 0.1) is 0 Å². The van der Waals surface area contributed by atoms with Gasteiger partial charge >= 0.3 is 10.4 Å². The summed E-state index contributed by atoms with van der Waals surface area (Å²) in [5.41, 5.74) is 0. The third-order valence-electron chi connectivity index (χ3n) is 0.633. The Labute approximate surface area is 58.0 Å². The number of hydrogen-bond donors (Lipinski definition) is 3. The van der Waals surface area contributed by atoms with E-state index < -0.39 is 22.8 Å².